The van der Waals surface area contributed by atoms with Crippen molar-refractivity contribution in [3.63, 3.8) is 0 Å². The van der Waals surface area contributed by atoms with Gasteiger partial charge in [0, 0.05) is 23.4 Å². The molecule has 0 saturated carbocycles. The van der Waals surface area contributed by atoms with Crippen molar-refractivity contribution in [2.75, 3.05) is 5.75 Å². The van der Waals surface area contributed by atoms with Crippen LogP contribution in [0, 0.1) is 0 Å². The maximum Gasteiger partial charge on any atom is 0.389 e. The summed E-state index contributed by atoms with van der Waals surface area (Å²) < 4.78 is 60.9. The topological polar surface area (TPSA) is 76.1 Å². The summed E-state index contributed by atoms with van der Waals surface area (Å²) in [5.41, 5.74) is 1.28. The number of benzene rings is 1. The second kappa shape index (κ2) is 44.2. The number of hydrogen-bond acceptors (Lipinski definition) is 5. The molecule has 45 heavy (non-hydrogen) atoms. The smallest absolute Gasteiger partial charge is 0.354 e. The number of rotatable bonds is 8. The molecule has 0 aliphatic carbocycles. The van der Waals surface area contributed by atoms with Crippen molar-refractivity contribution in [3.05, 3.63) is 34.7 Å². The highest BCUT2D eigenvalue weighted by Gasteiger charge is 2.27. The van der Waals surface area contributed by atoms with Crippen LogP contribution in [-0.4, -0.2) is 37.3 Å². The Kier molecular flexibility index (Phi) is 102. The van der Waals surface area contributed by atoms with E-state index in [4.69, 9.17) is 0 Å². The van der Waals surface area contributed by atoms with Crippen LogP contribution in [0.3, 0.4) is 0 Å². The quantitative estimate of drug-likeness (QED) is 0.296. The Hall–Kier alpha value is -1.94. The number of aromatic nitrogens is 1. The second-order valence-electron chi connectivity index (χ2n) is 6.59. The van der Waals surface area contributed by atoms with Gasteiger partial charge < -0.3 is 5.32 Å². The Balaban J connectivity index is -0.0000000353. The number of carbonyl (C=O) groups is 1. The molecule has 0 aliphatic heterocycles. The molecule has 1 N–H and O–H groups in total. The van der Waals surface area contributed by atoms with Crippen LogP contribution in [0.15, 0.2) is 34.5 Å². The zero-order chi connectivity index (χ0) is 20.9. The predicted molar refractivity (Wildman–Crippen MR) is 216 cm³/mol. The molecule has 5 nitrogen and oxygen atoms in total. The molecular formula is C35H89F3N2O3S2. The van der Waals surface area contributed by atoms with Crippen LogP contribution in [0.1, 0.15) is 158 Å². The number of halogens is 3. The summed E-state index contributed by atoms with van der Waals surface area (Å²) in [7, 11) is -3.77. The summed E-state index contributed by atoms with van der Waals surface area (Å²) >= 11 is 1.33. The number of nitrogens with zero attached hydrogens (tertiary/aromatic N) is 1. The van der Waals surface area contributed by atoms with Gasteiger partial charge in [0.15, 0.2) is 9.84 Å². The van der Waals surface area contributed by atoms with Crippen molar-refractivity contribution >= 4 is 27.1 Å². The summed E-state index contributed by atoms with van der Waals surface area (Å²) in [5.74, 6) is -0.686. The van der Waals surface area contributed by atoms with Gasteiger partial charge in [-0.3, -0.25) is 4.79 Å². The minimum absolute atomic E-state index is 0. The molecule has 1 amide bonds. The highest BCUT2D eigenvalue weighted by atomic mass is 32.2. The lowest BCUT2D eigenvalue weighted by atomic mass is 10.2. The van der Waals surface area contributed by atoms with E-state index in [2.05, 4.69) is 10.3 Å². The van der Waals surface area contributed by atoms with Gasteiger partial charge in [-0.1, -0.05) is 138 Å². The van der Waals surface area contributed by atoms with Gasteiger partial charge in [-0.05, 0) is 32.4 Å². The van der Waals surface area contributed by atoms with E-state index in [1.54, 1.807) is 17.5 Å². The maximum atomic E-state index is 12.2. The van der Waals surface area contributed by atoms with Gasteiger partial charge in [-0.2, -0.15) is 13.2 Å². The molecule has 0 radical (unpaired) electrons. The fourth-order valence-electron chi connectivity index (χ4n) is 2.45. The van der Waals surface area contributed by atoms with Gasteiger partial charge in [0.1, 0.15) is 5.01 Å². The predicted octanol–water partition coefficient (Wildman–Crippen LogP) is 14.8. The van der Waals surface area contributed by atoms with Crippen molar-refractivity contribution in [3.8, 4) is 11.3 Å². The maximum absolute atomic E-state index is 12.2. The van der Waals surface area contributed by atoms with E-state index in [0.29, 0.717) is 16.3 Å². The fourth-order valence-corrected chi connectivity index (χ4v) is 4.56. The average Bonchev–Trinajstić information content (AvgIpc) is 3.01. The molecule has 1 heterocycles. The molecule has 0 aliphatic rings. The summed E-state index contributed by atoms with van der Waals surface area (Å²) in [6.45, 7) is 3.73. The third kappa shape index (κ3) is 36.4. The van der Waals surface area contributed by atoms with Crippen molar-refractivity contribution < 1.29 is 26.4 Å². The number of thiazole rings is 1. The first kappa shape index (κ1) is 104. The van der Waals surface area contributed by atoms with E-state index in [1.807, 2.05) is 13.8 Å². The van der Waals surface area contributed by atoms with Gasteiger partial charge in [-0.15, -0.1) is 11.3 Å². The largest absolute Gasteiger partial charge is 0.389 e. The van der Waals surface area contributed by atoms with Crippen molar-refractivity contribution in [1.82, 2.24) is 10.3 Å². The van der Waals surface area contributed by atoms with Gasteiger partial charge in [0.2, 0.25) is 5.91 Å². The van der Waals surface area contributed by atoms with Crippen LogP contribution in [0.4, 0.5) is 13.2 Å². The number of nitrogens with one attached hydrogen (secondary N) is 1. The van der Waals surface area contributed by atoms with Crippen LogP contribution in [0.5, 0.6) is 0 Å². The molecule has 0 unspecified atom stereocenters. The van der Waals surface area contributed by atoms with Crippen LogP contribution >= 0.6 is 11.3 Å². The molecule has 1 aromatic heterocycles. The Morgan fingerprint density at radius 2 is 1.18 bits per heavy atom. The molecule has 0 atom stereocenters. The molecule has 0 bridgehead atoms. The van der Waals surface area contributed by atoms with Gasteiger partial charge in [0.05, 0.1) is 22.8 Å². The second-order valence-corrected chi connectivity index (χ2v) is 9.64. The van der Waals surface area contributed by atoms with Gasteiger partial charge >= 0.3 is 6.18 Å². The lowest BCUT2D eigenvalue weighted by Gasteiger charge is -2.07. The first-order valence-corrected chi connectivity index (χ1v) is 11.1. The average molecular weight is 707 g/mol. The molecule has 0 fully saturated rings. The minimum atomic E-state index is -4.37. The molecule has 0 saturated heterocycles. The third-order valence-corrected chi connectivity index (χ3v) is 6.36. The molecule has 1 aromatic carbocycles. The number of sulfone groups is 1. The third-order valence-electron chi connectivity index (χ3n) is 3.70. The number of hydrogen-bond donors (Lipinski definition) is 1. The molecule has 2 rings (SSSR count). The fraction of sp³-hybridized carbons (Fsp3) is 0.714. The Bertz CT molecular complexity index is 913. The monoisotopic (exact) mass is 707 g/mol. The van der Waals surface area contributed by atoms with Gasteiger partial charge in [-0.25, -0.2) is 13.4 Å². The van der Waals surface area contributed by atoms with E-state index >= 15 is 0 Å². The van der Waals surface area contributed by atoms with Crippen molar-refractivity contribution in [2.24, 2.45) is 0 Å². The summed E-state index contributed by atoms with van der Waals surface area (Å²) in [5, 5.41) is 5.19. The molecule has 10 heteroatoms. The SMILES string of the molecule is C.C.C.C.C.C.C.C.C.C.C.C.C.C.C.C.C.CC(C)NC(=O)Cc1nc(-c2ccc(S(=O)(=O)CCCC(F)(F)F)cc2)cs1. The van der Waals surface area contributed by atoms with E-state index in [1.165, 1.54) is 23.5 Å². The Morgan fingerprint density at radius 1 is 0.778 bits per heavy atom. The minimum Gasteiger partial charge on any atom is -0.354 e. The van der Waals surface area contributed by atoms with Gasteiger partial charge in [0.25, 0.3) is 0 Å². The summed E-state index contributed by atoms with van der Waals surface area (Å²) in [6.07, 6.45) is -5.81. The van der Waals surface area contributed by atoms with E-state index in [9.17, 15) is 26.4 Å². The van der Waals surface area contributed by atoms with Crippen molar-refractivity contribution in [2.45, 2.75) is 176 Å². The van der Waals surface area contributed by atoms with Crippen LogP contribution in [0.2, 0.25) is 0 Å². The molecule has 290 valence electrons. The summed E-state index contributed by atoms with van der Waals surface area (Å²) in [4.78, 5) is 16.1. The normalized spacial score (nSPS) is 7.69. The molecular weight excluding hydrogens is 618 g/mol. The Labute approximate surface area is 291 Å². The lowest BCUT2D eigenvalue weighted by molar-refractivity contribution is -0.134. The number of alkyl halides is 3. The van der Waals surface area contributed by atoms with Crippen LogP contribution < -0.4 is 5.32 Å². The summed E-state index contributed by atoms with van der Waals surface area (Å²) in [6, 6.07) is 5.89. The number of carbonyl (C=O) groups excluding carboxylic acids is 1. The lowest BCUT2D eigenvalue weighted by Crippen LogP contribution is -2.31. The Morgan fingerprint density at radius 3 is 1.53 bits per heavy atom. The molecule has 0 spiro atoms. The first-order chi connectivity index (χ1) is 13.0. The standard InChI is InChI=1S/C18H21F3N2O3S2.17CH4/c1-12(2)22-16(24)10-17-23-15(11-27-17)13-4-6-14(7-5-13)28(25,26)9-3-8-18(19,20)21;;;;;;;;;;;;;;;;;/h4-7,11-12H,3,8-10H2,1-2H3,(H,22,24);17*1H4. The number of amides is 1. The van der Waals surface area contributed by atoms with E-state index in [-0.39, 0.29) is 150 Å². The highest BCUT2D eigenvalue weighted by Crippen LogP contribution is 2.26. The zero-order valence-electron chi connectivity index (χ0n) is 15.4. The van der Waals surface area contributed by atoms with Crippen molar-refractivity contribution in [1.29, 1.82) is 0 Å². The van der Waals surface area contributed by atoms with Crippen LogP contribution in [0.25, 0.3) is 11.3 Å². The van der Waals surface area contributed by atoms with E-state index < -0.39 is 34.6 Å². The first-order valence-electron chi connectivity index (χ1n) is 8.60. The van der Waals surface area contributed by atoms with Crippen LogP contribution in [-0.2, 0) is 21.1 Å². The van der Waals surface area contributed by atoms with E-state index in [0.717, 1.165) is 0 Å². The zero-order valence-corrected chi connectivity index (χ0v) is 17.0. The molecule has 2 aromatic rings. The highest BCUT2D eigenvalue weighted by molar-refractivity contribution is 7.91.